The Morgan fingerprint density at radius 1 is 1.52 bits per heavy atom. The second-order valence-corrected chi connectivity index (χ2v) is 6.79. The Balaban J connectivity index is 1.61. The van der Waals surface area contributed by atoms with E-state index < -0.39 is 0 Å². The van der Waals surface area contributed by atoms with E-state index in [-0.39, 0.29) is 17.5 Å². The largest absolute Gasteiger partial charge is 0.354 e. The molecule has 0 aliphatic carbocycles. The van der Waals surface area contributed by atoms with E-state index in [1.165, 1.54) is 23.7 Å². The average molecular weight is 333 g/mol. The van der Waals surface area contributed by atoms with Crippen LogP contribution < -0.4 is 15.8 Å². The molecule has 1 amide bonds. The van der Waals surface area contributed by atoms with Crippen LogP contribution in [0.2, 0.25) is 0 Å². The van der Waals surface area contributed by atoms with Crippen LogP contribution in [0.4, 0.5) is 5.82 Å². The molecule has 2 aromatic heterocycles. The SMILES string of the molecule is CC(C)c1nc(C(=O)NC2CCN(c3cc(=O)[nH]cn3)C2)cs1. The summed E-state index contributed by atoms with van der Waals surface area (Å²) in [7, 11) is 0. The van der Waals surface area contributed by atoms with Crippen LogP contribution in [0.3, 0.4) is 0 Å². The highest BCUT2D eigenvalue weighted by Gasteiger charge is 2.26. The first-order valence-electron chi connectivity index (χ1n) is 7.59. The maximum atomic E-state index is 12.3. The number of nitrogens with one attached hydrogen (secondary N) is 2. The van der Waals surface area contributed by atoms with E-state index in [0.29, 0.717) is 24.0 Å². The van der Waals surface area contributed by atoms with Gasteiger partial charge in [-0.15, -0.1) is 11.3 Å². The van der Waals surface area contributed by atoms with E-state index in [9.17, 15) is 9.59 Å². The second-order valence-electron chi connectivity index (χ2n) is 5.90. The van der Waals surface area contributed by atoms with Crippen LogP contribution in [0, 0.1) is 0 Å². The minimum absolute atomic E-state index is 0.0350. The van der Waals surface area contributed by atoms with Gasteiger partial charge in [-0.05, 0) is 6.42 Å². The molecule has 7 nitrogen and oxygen atoms in total. The Hall–Kier alpha value is -2.22. The number of hydrogen-bond acceptors (Lipinski definition) is 6. The molecule has 3 heterocycles. The van der Waals surface area contributed by atoms with Gasteiger partial charge in [-0.25, -0.2) is 9.97 Å². The van der Waals surface area contributed by atoms with Crippen molar-refractivity contribution in [2.45, 2.75) is 32.2 Å². The quantitative estimate of drug-likeness (QED) is 0.881. The van der Waals surface area contributed by atoms with Crippen molar-refractivity contribution in [3.63, 3.8) is 0 Å². The van der Waals surface area contributed by atoms with Crippen LogP contribution in [-0.2, 0) is 0 Å². The summed E-state index contributed by atoms with van der Waals surface area (Å²) in [6, 6.07) is 1.51. The third-order valence-corrected chi connectivity index (χ3v) is 4.91. The van der Waals surface area contributed by atoms with Crippen LogP contribution in [-0.4, -0.2) is 40.0 Å². The number of nitrogens with zero attached hydrogens (tertiary/aromatic N) is 3. The summed E-state index contributed by atoms with van der Waals surface area (Å²) in [5.74, 6) is 0.825. The molecule has 8 heteroatoms. The maximum Gasteiger partial charge on any atom is 0.271 e. The molecular formula is C15H19N5O2S. The van der Waals surface area contributed by atoms with Gasteiger partial charge in [-0.3, -0.25) is 9.59 Å². The van der Waals surface area contributed by atoms with E-state index in [4.69, 9.17) is 0 Å². The summed E-state index contributed by atoms with van der Waals surface area (Å²) in [6.07, 6.45) is 2.22. The molecule has 0 aromatic carbocycles. The number of H-pyrrole nitrogens is 1. The monoisotopic (exact) mass is 333 g/mol. The Morgan fingerprint density at radius 3 is 3.04 bits per heavy atom. The van der Waals surface area contributed by atoms with E-state index in [2.05, 4.69) is 34.1 Å². The second kappa shape index (κ2) is 6.49. The lowest BCUT2D eigenvalue weighted by molar-refractivity contribution is 0.0936. The number of amides is 1. The molecular weight excluding hydrogens is 314 g/mol. The predicted molar refractivity (Wildman–Crippen MR) is 89.1 cm³/mol. The zero-order valence-corrected chi connectivity index (χ0v) is 13.9. The molecule has 2 aromatic rings. The number of thiazole rings is 1. The average Bonchev–Trinajstić information content (AvgIpc) is 3.16. The number of hydrogen-bond donors (Lipinski definition) is 2. The van der Waals surface area contributed by atoms with Gasteiger partial charge >= 0.3 is 0 Å². The number of aromatic amines is 1. The van der Waals surface area contributed by atoms with E-state index >= 15 is 0 Å². The van der Waals surface area contributed by atoms with Gasteiger partial charge in [0.25, 0.3) is 11.5 Å². The molecule has 122 valence electrons. The van der Waals surface area contributed by atoms with Gasteiger partial charge in [0, 0.05) is 36.5 Å². The van der Waals surface area contributed by atoms with Gasteiger partial charge in [0.15, 0.2) is 0 Å². The Kier molecular flexibility index (Phi) is 4.42. The zero-order chi connectivity index (χ0) is 16.4. The van der Waals surface area contributed by atoms with Gasteiger partial charge < -0.3 is 15.2 Å². The molecule has 1 aliphatic heterocycles. The fraction of sp³-hybridized carbons (Fsp3) is 0.467. The molecule has 23 heavy (non-hydrogen) atoms. The van der Waals surface area contributed by atoms with Crippen LogP contribution in [0.1, 0.15) is 41.7 Å². The molecule has 0 radical (unpaired) electrons. The van der Waals surface area contributed by atoms with E-state index in [1.807, 2.05) is 4.90 Å². The fourth-order valence-corrected chi connectivity index (χ4v) is 3.35. The third-order valence-electron chi connectivity index (χ3n) is 3.76. The van der Waals surface area contributed by atoms with E-state index in [1.54, 1.807) is 5.38 Å². The van der Waals surface area contributed by atoms with Crippen LogP contribution >= 0.6 is 11.3 Å². The third kappa shape index (κ3) is 3.58. The van der Waals surface area contributed by atoms with Gasteiger partial charge in [0.2, 0.25) is 0 Å². The highest BCUT2D eigenvalue weighted by molar-refractivity contribution is 7.09. The number of anilines is 1. The zero-order valence-electron chi connectivity index (χ0n) is 13.1. The highest BCUT2D eigenvalue weighted by atomic mass is 32.1. The summed E-state index contributed by atoms with van der Waals surface area (Å²) < 4.78 is 0. The minimum Gasteiger partial charge on any atom is -0.354 e. The molecule has 0 spiro atoms. The standard InChI is InChI=1S/C15H19N5O2S/c1-9(2)15-19-11(7-23-15)14(22)18-10-3-4-20(6-10)12-5-13(21)17-8-16-12/h5,7-10H,3-4,6H2,1-2H3,(H,18,22)(H,16,17,21). The maximum absolute atomic E-state index is 12.3. The predicted octanol–water partition coefficient (Wildman–Crippen LogP) is 1.36. The lowest BCUT2D eigenvalue weighted by Gasteiger charge is -2.17. The van der Waals surface area contributed by atoms with Crippen molar-refractivity contribution in [1.82, 2.24) is 20.3 Å². The van der Waals surface area contributed by atoms with Gasteiger partial charge in [0.1, 0.15) is 11.5 Å². The molecule has 1 atom stereocenters. The topological polar surface area (TPSA) is 91.0 Å². The van der Waals surface area contributed by atoms with Gasteiger partial charge in [-0.2, -0.15) is 0 Å². The van der Waals surface area contributed by atoms with Crippen LogP contribution in [0.5, 0.6) is 0 Å². The molecule has 0 saturated carbocycles. The molecule has 0 bridgehead atoms. The summed E-state index contributed by atoms with van der Waals surface area (Å²) in [5, 5.41) is 5.78. The lowest BCUT2D eigenvalue weighted by Crippen LogP contribution is -2.37. The summed E-state index contributed by atoms with van der Waals surface area (Å²) >= 11 is 1.51. The highest BCUT2D eigenvalue weighted by Crippen LogP contribution is 2.20. The number of rotatable bonds is 4. The van der Waals surface area contributed by atoms with Crippen molar-refractivity contribution in [2.24, 2.45) is 0 Å². The lowest BCUT2D eigenvalue weighted by atomic mass is 10.2. The smallest absolute Gasteiger partial charge is 0.271 e. The molecule has 3 rings (SSSR count). The van der Waals surface area contributed by atoms with Gasteiger partial charge in [0.05, 0.1) is 11.3 Å². The number of carbonyl (C=O) groups excluding carboxylic acids is 1. The van der Waals surface area contributed by atoms with Crippen molar-refractivity contribution in [3.05, 3.63) is 38.8 Å². The van der Waals surface area contributed by atoms with Crippen molar-refractivity contribution >= 4 is 23.1 Å². The normalized spacial score (nSPS) is 17.7. The molecule has 1 saturated heterocycles. The molecule has 2 N–H and O–H groups in total. The van der Waals surface area contributed by atoms with Crippen LogP contribution in [0.25, 0.3) is 0 Å². The van der Waals surface area contributed by atoms with Crippen molar-refractivity contribution in [2.75, 3.05) is 18.0 Å². The van der Waals surface area contributed by atoms with E-state index in [0.717, 1.165) is 18.0 Å². The fourth-order valence-electron chi connectivity index (χ4n) is 2.53. The Morgan fingerprint density at radius 2 is 2.35 bits per heavy atom. The van der Waals surface area contributed by atoms with Crippen LogP contribution in [0.15, 0.2) is 22.6 Å². The Bertz CT molecular complexity index is 754. The first kappa shape index (κ1) is 15.7. The Labute approximate surface area is 137 Å². The summed E-state index contributed by atoms with van der Waals surface area (Å²) in [4.78, 5) is 36.7. The van der Waals surface area contributed by atoms with Crippen molar-refractivity contribution in [3.8, 4) is 0 Å². The molecule has 1 unspecified atom stereocenters. The minimum atomic E-state index is -0.175. The summed E-state index contributed by atoms with van der Waals surface area (Å²) in [5.41, 5.74) is 0.303. The summed E-state index contributed by atoms with van der Waals surface area (Å²) in [6.45, 7) is 5.52. The number of carbonyl (C=O) groups is 1. The van der Waals surface area contributed by atoms with Crippen molar-refractivity contribution < 1.29 is 4.79 Å². The van der Waals surface area contributed by atoms with Crippen molar-refractivity contribution in [1.29, 1.82) is 0 Å². The number of aromatic nitrogens is 3. The van der Waals surface area contributed by atoms with Gasteiger partial charge in [-0.1, -0.05) is 13.8 Å². The molecule has 1 fully saturated rings. The molecule has 1 aliphatic rings. The first-order chi connectivity index (χ1) is 11.0. The first-order valence-corrected chi connectivity index (χ1v) is 8.47.